The number of aromatic nitrogens is 7. The molecule has 5 aromatic rings. The summed E-state index contributed by atoms with van der Waals surface area (Å²) < 4.78 is 8.49. The molecule has 0 radical (unpaired) electrons. The van der Waals surface area contributed by atoms with E-state index in [1.54, 1.807) is 22.2 Å². The van der Waals surface area contributed by atoms with Crippen molar-refractivity contribution in [2.75, 3.05) is 11.1 Å². The number of aryl methyl sites for hydroxylation is 2. The Hall–Kier alpha value is -4.54. The van der Waals surface area contributed by atoms with Gasteiger partial charge < -0.3 is 15.6 Å². The number of rotatable bonds is 5. The van der Waals surface area contributed by atoms with E-state index in [9.17, 15) is 4.79 Å². The van der Waals surface area contributed by atoms with E-state index in [4.69, 9.17) is 15.4 Å². The van der Waals surface area contributed by atoms with Crippen molar-refractivity contribution >= 4 is 17.2 Å². The van der Waals surface area contributed by atoms with Crippen LogP contribution in [0.3, 0.4) is 0 Å². The maximum absolute atomic E-state index is 13.5. The lowest BCUT2D eigenvalue weighted by molar-refractivity contribution is 0.425. The molecule has 0 saturated heterocycles. The molecular formula is C22H21N9O2. The van der Waals surface area contributed by atoms with Crippen molar-refractivity contribution < 1.29 is 4.52 Å². The smallest absolute Gasteiger partial charge is 0.282 e. The highest BCUT2D eigenvalue weighted by atomic mass is 16.5. The molecule has 0 spiro atoms. The molecule has 5 rings (SSSR count). The number of anilines is 2. The van der Waals surface area contributed by atoms with E-state index in [0.717, 1.165) is 5.56 Å². The minimum atomic E-state index is -0.456. The van der Waals surface area contributed by atoms with Crippen LogP contribution >= 0.6 is 0 Å². The van der Waals surface area contributed by atoms with E-state index >= 15 is 0 Å². The molecule has 0 saturated carbocycles. The summed E-state index contributed by atoms with van der Waals surface area (Å²) in [5.41, 5.74) is 8.39. The molecule has 0 fully saturated rings. The van der Waals surface area contributed by atoms with E-state index in [-0.39, 0.29) is 17.3 Å². The van der Waals surface area contributed by atoms with E-state index in [1.165, 1.54) is 6.33 Å². The standard InChI is InChI=1S/C22H21N9O2/c1-12-9-10-30-17(12)22(32)31(15-7-5-4-6-8-15)20(28-30)13(2)26-19-16(18(23)24-11-25-19)21-27-14(3)29-33-21/h4-11,13H,1-3H3,(H3,23,24,25,26)/t13-/m0/s1. The van der Waals surface area contributed by atoms with Crippen molar-refractivity contribution in [1.82, 2.24) is 34.3 Å². The molecule has 0 aliphatic rings. The van der Waals surface area contributed by atoms with Gasteiger partial charge in [0.25, 0.3) is 11.4 Å². The van der Waals surface area contributed by atoms with Crippen LogP contribution in [0.5, 0.6) is 0 Å². The number of fused-ring (bicyclic) bond motifs is 1. The van der Waals surface area contributed by atoms with Gasteiger partial charge in [0.2, 0.25) is 0 Å². The Morgan fingerprint density at radius 3 is 2.64 bits per heavy atom. The van der Waals surface area contributed by atoms with Gasteiger partial charge in [-0.2, -0.15) is 10.1 Å². The van der Waals surface area contributed by atoms with Gasteiger partial charge in [-0.05, 0) is 44.5 Å². The van der Waals surface area contributed by atoms with Crippen LogP contribution in [-0.4, -0.2) is 34.3 Å². The maximum atomic E-state index is 13.5. The molecule has 4 heterocycles. The Morgan fingerprint density at radius 1 is 1.12 bits per heavy atom. The van der Waals surface area contributed by atoms with Crippen LogP contribution in [0.1, 0.15) is 30.2 Å². The number of nitrogens with two attached hydrogens (primary N) is 1. The number of nitrogens with one attached hydrogen (secondary N) is 1. The third kappa shape index (κ3) is 3.49. The lowest BCUT2D eigenvalue weighted by atomic mass is 10.2. The van der Waals surface area contributed by atoms with Crippen LogP contribution < -0.4 is 16.6 Å². The third-order valence-electron chi connectivity index (χ3n) is 5.29. The molecule has 33 heavy (non-hydrogen) atoms. The Bertz CT molecular complexity index is 1520. The highest BCUT2D eigenvalue weighted by Gasteiger charge is 2.23. The highest BCUT2D eigenvalue weighted by Crippen LogP contribution is 2.31. The third-order valence-corrected chi connectivity index (χ3v) is 5.29. The summed E-state index contributed by atoms with van der Waals surface area (Å²) in [7, 11) is 0. The van der Waals surface area contributed by atoms with Crippen LogP contribution in [0, 0.1) is 13.8 Å². The molecule has 4 aromatic heterocycles. The second-order valence-corrected chi connectivity index (χ2v) is 7.62. The van der Waals surface area contributed by atoms with Gasteiger partial charge in [0, 0.05) is 6.20 Å². The molecular weight excluding hydrogens is 422 g/mol. The molecule has 0 unspecified atom stereocenters. The first-order valence-electron chi connectivity index (χ1n) is 10.3. The van der Waals surface area contributed by atoms with Gasteiger partial charge in [0.15, 0.2) is 11.6 Å². The van der Waals surface area contributed by atoms with Gasteiger partial charge in [0.1, 0.15) is 29.0 Å². The molecule has 166 valence electrons. The molecule has 0 aliphatic carbocycles. The lowest BCUT2D eigenvalue weighted by Gasteiger charge is -2.20. The first-order chi connectivity index (χ1) is 15.9. The Labute approximate surface area is 187 Å². The van der Waals surface area contributed by atoms with Crippen LogP contribution in [0.25, 0.3) is 22.7 Å². The monoisotopic (exact) mass is 443 g/mol. The van der Waals surface area contributed by atoms with Crippen LogP contribution in [0.4, 0.5) is 11.6 Å². The van der Waals surface area contributed by atoms with E-state index < -0.39 is 6.04 Å². The first kappa shape index (κ1) is 20.4. The van der Waals surface area contributed by atoms with Crippen molar-refractivity contribution in [3.63, 3.8) is 0 Å². The largest absolute Gasteiger partial charge is 0.383 e. The number of para-hydroxylation sites is 1. The minimum Gasteiger partial charge on any atom is -0.383 e. The van der Waals surface area contributed by atoms with Crippen molar-refractivity contribution in [2.24, 2.45) is 0 Å². The zero-order chi connectivity index (χ0) is 23.1. The highest BCUT2D eigenvalue weighted by molar-refractivity contribution is 5.78. The molecule has 11 heteroatoms. The van der Waals surface area contributed by atoms with Crippen LogP contribution in [0.2, 0.25) is 0 Å². The summed E-state index contributed by atoms with van der Waals surface area (Å²) in [6.45, 7) is 5.47. The SMILES string of the molecule is Cc1noc(-c2c(N)ncnc2N[C@@H](C)c2nn3ccc(C)c3c(=O)n2-c2ccccc2)n1. The van der Waals surface area contributed by atoms with E-state index in [2.05, 4.69) is 25.4 Å². The Kier molecular flexibility index (Phi) is 4.85. The molecule has 3 N–H and O–H groups in total. The Balaban J connectivity index is 1.66. The quantitative estimate of drug-likeness (QED) is 0.419. The predicted octanol–water partition coefficient (Wildman–Crippen LogP) is 2.70. The molecule has 0 aliphatic heterocycles. The fourth-order valence-corrected chi connectivity index (χ4v) is 3.73. The van der Waals surface area contributed by atoms with Crippen LogP contribution in [0.15, 0.2) is 58.2 Å². The predicted molar refractivity (Wildman–Crippen MR) is 122 cm³/mol. The zero-order valence-electron chi connectivity index (χ0n) is 18.2. The van der Waals surface area contributed by atoms with Crippen molar-refractivity contribution in [1.29, 1.82) is 0 Å². The van der Waals surface area contributed by atoms with Gasteiger partial charge in [-0.15, -0.1) is 0 Å². The van der Waals surface area contributed by atoms with Gasteiger partial charge in [-0.25, -0.2) is 14.5 Å². The van der Waals surface area contributed by atoms with Crippen molar-refractivity contribution in [3.05, 3.63) is 76.5 Å². The average Bonchev–Trinajstić information content (AvgIpc) is 3.40. The number of hydrogen-bond donors (Lipinski definition) is 2. The molecule has 0 bridgehead atoms. The van der Waals surface area contributed by atoms with E-state index in [0.29, 0.717) is 34.2 Å². The summed E-state index contributed by atoms with van der Waals surface area (Å²) in [6, 6.07) is 10.8. The van der Waals surface area contributed by atoms with Gasteiger partial charge >= 0.3 is 0 Å². The van der Waals surface area contributed by atoms with Gasteiger partial charge in [-0.1, -0.05) is 23.4 Å². The number of hydrogen-bond acceptors (Lipinski definition) is 9. The fourth-order valence-electron chi connectivity index (χ4n) is 3.73. The second kappa shape index (κ2) is 7.86. The van der Waals surface area contributed by atoms with Crippen LogP contribution in [-0.2, 0) is 0 Å². The molecule has 0 amide bonds. The summed E-state index contributed by atoms with van der Waals surface area (Å²) >= 11 is 0. The summed E-state index contributed by atoms with van der Waals surface area (Å²) in [6.07, 6.45) is 3.11. The Morgan fingerprint density at radius 2 is 1.91 bits per heavy atom. The molecule has 1 atom stereocenters. The van der Waals surface area contributed by atoms with Gasteiger partial charge in [-0.3, -0.25) is 9.36 Å². The summed E-state index contributed by atoms with van der Waals surface area (Å²) in [5, 5.41) is 11.9. The lowest BCUT2D eigenvalue weighted by Crippen LogP contribution is -2.29. The number of nitrogen functional groups attached to an aromatic ring is 1. The normalized spacial score (nSPS) is 12.2. The van der Waals surface area contributed by atoms with E-state index in [1.807, 2.05) is 50.2 Å². The fraction of sp³-hybridized carbons (Fsp3) is 0.182. The molecule has 1 aromatic carbocycles. The first-order valence-corrected chi connectivity index (χ1v) is 10.3. The van der Waals surface area contributed by atoms with Crippen molar-refractivity contribution in [3.8, 4) is 17.1 Å². The van der Waals surface area contributed by atoms with Crippen molar-refractivity contribution in [2.45, 2.75) is 26.8 Å². The topological polar surface area (TPSA) is 142 Å². The average molecular weight is 443 g/mol. The zero-order valence-corrected chi connectivity index (χ0v) is 18.2. The maximum Gasteiger partial charge on any atom is 0.282 e. The second-order valence-electron chi connectivity index (χ2n) is 7.62. The minimum absolute atomic E-state index is 0.169. The number of benzene rings is 1. The van der Waals surface area contributed by atoms with Gasteiger partial charge in [0.05, 0.1) is 11.7 Å². The summed E-state index contributed by atoms with van der Waals surface area (Å²) in [4.78, 5) is 26.2. The number of nitrogens with zero attached hydrogens (tertiary/aromatic N) is 7. The molecule has 11 nitrogen and oxygen atoms in total. The summed E-state index contributed by atoms with van der Waals surface area (Å²) in [5.74, 6) is 1.72.